The summed E-state index contributed by atoms with van der Waals surface area (Å²) < 4.78 is 39.3. The van der Waals surface area contributed by atoms with Crippen molar-refractivity contribution in [1.29, 1.82) is 0 Å². The second-order valence-corrected chi connectivity index (χ2v) is 8.24. The maximum Gasteiger partial charge on any atom is 0.416 e. The van der Waals surface area contributed by atoms with Crippen LogP contribution in [0.25, 0.3) is 0 Å². The molecule has 3 aromatic rings. The lowest BCUT2D eigenvalue weighted by molar-refractivity contribution is -0.137. The van der Waals surface area contributed by atoms with Gasteiger partial charge in [-0.25, -0.2) is 0 Å². The maximum atomic E-state index is 12.8. The van der Waals surface area contributed by atoms with Gasteiger partial charge >= 0.3 is 6.18 Å². The van der Waals surface area contributed by atoms with Crippen LogP contribution in [0.15, 0.2) is 71.2 Å². The van der Waals surface area contributed by atoms with E-state index in [2.05, 4.69) is 31.9 Å². The van der Waals surface area contributed by atoms with Crippen LogP contribution >= 0.6 is 28.1 Å². The molecule has 10 heteroatoms. The Kier molecular flexibility index (Phi) is 7.50. The third kappa shape index (κ3) is 6.62. The molecular weight excluding hydrogens is 519 g/mol. The SMILES string of the molecule is Cc1ccc(C(=O)NC(=S)Nc2ccc(C(=O)Nc3cccc(C(F)(F)F)c3)cc2)cc1Br. The molecule has 33 heavy (non-hydrogen) atoms. The molecule has 3 aromatic carbocycles. The topological polar surface area (TPSA) is 70.2 Å². The number of amides is 2. The van der Waals surface area contributed by atoms with E-state index in [9.17, 15) is 22.8 Å². The highest BCUT2D eigenvalue weighted by molar-refractivity contribution is 9.10. The standard InChI is InChI=1S/C23H17BrF3N3O2S/c1-13-5-6-15(11-19(13)24)21(32)30-22(33)29-17-9-7-14(8-10-17)20(31)28-18-4-2-3-16(12-18)23(25,26)27/h2-12H,1H3,(H,28,31)(H2,29,30,32,33). The summed E-state index contributed by atoms with van der Waals surface area (Å²) in [5.74, 6) is -0.952. The molecule has 0 bridgehead atoms. The van der Waals surface area contributed by atoms with Crippen molar-refractivity contribution in [1.82, 2.24) is 5.32 Å². The van der Waals surface area contributed by atoms with E-state index in [-0.39, 0.29) is 22.3 Å². The first-order valence-electron chi connectivity index (χ1n) is 9.50. The zero-order valence-corrected chi connectivity index (χ0v) is 19.5. The van der Waals surface area contributed by atoms with E-state index in [4.69, 9.17) is 12.2 Å². The number of rotatable bonds is 4. The lowest BCUT2D eigenvalue weighted by atomic mass is 10.1. The van der Waals surface area contributed by atoms with Gasteiger partial charge in [0.2, 0.25) is 0 Å². The van der Waals surface area contributed by atoms with Gasteiger partial charge < -0.3 is 10.6 Å². The summed E-state index contributed by atoms with van der Waals surface area (Å²) in [5.41, 5.74) is 1.35. The smallest absolute Gasteiger partial charge is 0.332 e. The molecule has 3 N–H and O–H groups in total. The largest absolute Gasteiger partial charge is 0.416 e. The summed E-state index contributed by atoms with van der Waals surface area (Å²) in [7, 11) is 0. The van der Waals surface area contributed by atoms with Crippen molar-refractivity contribution < 1.29 is 22.8 Å². The van der Waals surface area contributed by atoms with Crippen LogP contribution in [0.4, 0.5) is 24.5 Å². The Labute approximate surface area is 201 Å². The van der Waals surface area contributed by atoms with Crippen LogP contribution in [0, 0.1) is 6.92 Å². The molecule has 0 radical (unpaired) electrons. The number of carbonyl (C=O) groups excluding carboxylic acids is 2. The van der Waals surface area contributed by atoms with Crippen molar-refractivity contribution in [3.8, 4) is 0 Å². The Bertz CT molecular complexity index is 1210. The molecule has 170 valence electrons. The molecule has 0 saturated heterocycles. The third-order valence-electron chi connectivity index (χ3n) is 4.51. The van der Waals surface area contributed by atoms with Crippen LogP contribution in [-0.2, 0) is 6.18 Å². The summed E-state index contributed by atoms with van der Waals surface area (Å²) in [6.45, 7) is 1.90. The van der Waals surface area contributed by atoms with Gasteiger partial charge in [-0.1, -0.05) is 28.1 Å². The van der Waals surface area contributed by atoms with Gasteiger partial charge in [-0.15, -0.1) is 0 Å². The zero-order valence-electron chi connectivity index (χ0n) is 17.1. The summed E-state index contributed by atoms with van der Waals surface area (Å²) in [6.07, 6.45) is -4.50. The highest BCUT2D eigenvalue weighted by Gasteiger charge is 2.30. The molecule has 2 amide bonds. The van der Waals surface area contributed by atoms with Crippen LogP contribution in [0.1, 0.15) is 31.8 Å². The fourth-order valence-corrected chi connectivity index (χ4v) is 3.34. The minimum atomic E-state index is -4.50. The van der Waals surface area contributed by atoms with E-state index in [0.29, 0.717) is 11.3 Å². The van der Waals surface area contributed by atoms with Crippen molar-refractivity contribution >= 4 is 56.4 Å². The second kappa shape index (κ2) is 10.1. The van der Waals surface area contributed by atoms with Crippen molar-refractivity contribution in [3.05, 3.63) is 93.5 Å². The molecule has 0 unspecified atom stereocenters. The van der Waals surface area contributed by atoms with Crippen LogP contribution in [-0.4, -0.2) is 16.9 Å². The van der Waals surface area contributed by atoms with Gasteiger partial charge in [0.15, 0.2) is 5.11 Å². The van der Waals surface area contributed by atoms with Gasteiger partial charge in [0.05, 0.1) is 5.56 Å². The Hall–Kier alpha value is -3.24. The quantitative estimate of drug-likeness (QED) is 0.350. The number of nitrogens with one attached hydrogen (secondary N) is 3. The first kappa shape index (κ1) is 24.4. The van der Waals surface area contributed by atoms with Crippen LogP contribution in [0.2, 0.25) is 0 Å². The molecule has 3 rings (SSSR count). The number of benzene rings is 3. The lowest BCUT2D eigenvalue weighted by Gasteiger charge is -2.12. The van der Waals surface area contributed by atoms with Gasteiger partial charge in [0, 0.05) is 27.0 Å². The summed E-state index contributed by atoms with van der Waals surface area (Å²) in [5, 5.41) is 7.91. The first-order valence-corrected chi connectivity index (χ1v) is 10.7. The van der Waals surface area contributed by atoms with Gasteiger partial charge in [-0.2, -0.15) is 13.2 Å². The van der Waals surface area contributed by atoms with E-state index in [1.807, 2.05) is 6.92 Å². The Morgan fingerprint density at radius 2 is 1.52 bits per heavy atom. The van der Waals surface area contributed by atoms with Gasteiger partial charge in [0.1, 0.15) is 0 Å². The average Bonchev–Trinajstić information content (AvgIpc) is 2.75. The van der Waals surface area contributed by atoms with E-state index in [1.165, 1.54) is 24.3 Å². The molecule has 0 aliphatic carbocycles. The lowest BCUT2D eigenvalue weighted by Crippen LogP contribution is -2.34. The first-order chi connectivity index (χ1) is 15.5. The summed E-state index contributed by atoms with van der Waals surface area (Å²) in [4.78, 5) is 24.7. The second-order valence-electron chi connectivity index (χ2n) is 6.98. The number of hydrogen-bond acceptors (Lipinski definition) is 3. The molecule has 0 aromatic heterocycles. The molecule has 0 aliphatic heterocycles. The number of carbonyl (C=O) groups is 2. The van der Waals surface area contributed by atoms with E-state index >= 15 is 0 Å². The molecule has 0 fully saturated rings. The fraction of sp³-hybridized carbons (Fsp3) is 0.0870. The van der Waals surface area contributed by atoms with Crippen molar-refractivity contribution in [2.45, 2.75) is 13.1 Å². The highest BCUT2D eigenvalue weighted by atomic mass is 79.9. The van der Waals surface area contributed by atoms with Crippen molar-refractivity contribution in [3.63, 3.8) is 0 Å². The Morgan fingerprint density at radius 1 is 0.848 bits per heavy atom. The monoisotopic (exact) mass is 535 g/mol. The Morgan fingerprint density at radius 3 is 2.15 bits per heavy atom. The number of thiocarbonyl (C=S) groups is 1. The predicted octanol–water partition coefficient (Wildman–Crippen LogP) is 6.16. The van der Waals surface area contributed by atoms with Crippen LogP contribution in [0.3, 0.4) is 0 Å². The molecular formula is C23H17BrF3N3O2S. The van der Waals surface area contributed by atoms with Crippen LogP contribution < -0.4 is 16.0 Å². The number of anilines is 2. The van der Waals surface area contributed by atoms with Crippen LogP contribution in [0.5, 0.6) is 0 Å². The van der Waals surface area contributed by atoms with Crippen molar-refractivity contribution in [2.75, 3.05) is 10.6 Å². The minimum Gasteiger partial charge on any atom is -0.332 e. The fourth-order valence-electron chi connectivity index (χ4n) is 2.75. The predicted molar refractivity (Wildman–Crippen MR) is 128 cm³/mol. The van der Waals surface area contributed by atoms with E-state index in [1.54, 1.807) is 30.3 Å². The molecule has 0 atom stereocenters. The van der Waals surface area contributed by atoms with E-state index in [0.717, 1.165) is 22.2 Å². The molecule has 0 aliphatic rings. The minimum absolute atomic E-state index is 0.0312. The summed E-state index contributed by atoms with van der Waals surface area (Å²) in [6, 6.07) is 15.6. The van der Waals surface area contributed by atoms with Gasteiger partial charge in [0.25, 0.3) is 11.8 Å². The summed E-state index contributed by atoms with van der Waals surface area (Å²) >= 11 is 8.53. The zero-order chi connectivity index (χ0) is 24.2. The number of alkyl halides is 3. The third-order valence-corrected chi connectivity index (χ3v) is 5.57. The van der Waals surface area contributed by atoms with Gasteiger partial charge in [-0.3, -0.25) is 14.9 Å². The molecule has 0 heterocycles. The van der Waals surface area contributed by atoms with Crippen molar-refractivity contribution in [2.24, 2.45) is 0 Å². The van der Waals surface area contributed by atoms with E-state index < -0.39 is 17.6 Å². The maximum absolute atomic E-state index is 12.8. The number of hydrogen-bond donors (Lipinski definition) is 3. The number of aryl methyl sites for hydroxylation is 1. The Balaban J connectivity index is 1.59. The van der Waals surface area contributed by atoms with Gasteiger partial charge in [-0.05, 0) is 79.3 Å². The molecule has 0 saturated carbocycles. The molecule has 5 nitrogen and oxygen atoms in total. The number of halogens is 4. The normalized spacial score (nSPS) is 10.9. The average molecular weight is 536 g/mol. The molecule has 0 spiro atoms. The highest BCUT2D eigenvalue weighted by Crippen LogP contribution is 2.30.